The minimum Gasteiger partial charge on any atom is -0.379 e. The van der Waals surface area contributed by atoms with Crippen LogP contribution >= 0.6 is 11.6 Å². The van der Waals surface area contributed by atoms with E-state index in [9.17, 15) is 4.79 Å². The van der Waals surface area contributed by atoms with Crippen molar-refractivity contribution < 1.29 is 9.53 Å². The van der Waals surface area contributed by atoms with E-state index >= 15 is 0 Å². The van der Waals surface area contributed by atoms with Gasteiger partial charge in [-0.3, -0.25) is 9.69 Å². The molecule has 27 heavy (non-hydrogen) atoms. The van der Waals surface area contributed by atoms with E-state index in [0.717, 1.165) is 63.6 Å². The minimum atomic E-state index is 0.0801. The van der Waals surface area contributed by atoms with Crippen LogP contribution in [0.25, 0.3) is 5.69 Å². The van der Waals surface area contributed by atoms with Crippen LogP contribution in [0.15, 0.2) is 30.5 Å². The van der Waals surface area contributed by atoms with Gasteiger partial charge in [0.1, 0.15) is 0 Å². The van der Waals surface area contributed by atoms with Crippen molar-refractivity contribution in [1.82, 2.24) is 19.6 Å². The van der Waals surface area contributed by atoms with Crippen molar-refractivity contribution in [2.75, 3.05) is 39.4 Å². The third-order valence-corrected chi connectivity index (χ3v) is 5.74. The molecule has 1 aromatic carbocycles. The first-order valence-electron chi connectivity index (χ1n) is 9.55. The third kappa shape index (κ3) is 3.88. The first-order valence-corrected chi connectivity index (χ1v) is 9.93. The fourth-order valence-electron chi connectivity index (χ4n) is 4.02. The van der Waals surface area contributed by atoms with Crippen LogP contribution in [-0.2, 0) is 4.74 Å². The van der Waals surface area contributed by atoms with Crippen LogP contribution in [0.3, 0.4) is 0 Å². The summed E-state index contributed by atoms with van der Waals surface area (Å²) in [5, 5.41) is 5.10. The van der Waals surface area contributed by atoms with E-state index in [2.05, 4.69) is 10.00 Å². The second-order valence-corrected chi connectivity index (χ2v) is 7.68. The SMILES string of the molecule is Cc1c(C(=O)N2CCCC2CN2CCOCC2)cnn1-c1cccc(Cl)c1. The number of benzene rings is 1. The summed E-state index contributed by atoms with van der Waals surface area (Å²) in [5.41, 5.74) is 2.38. The monoisotopic (exact) mass is 388 g/mol. The Bertz CT molecular complexity index is 816. The molecule has 1 amide bonds. The van der Waals surface area contributed by atoms with Crippen LogP contribution in [0, 0.1) is 6.92 Å². The zero-order valence-corrected chi connectivity index (χ0v) is 16.4. The molecule has 7 heteroatoms. The number of carbonyl (C=O) groups excluding carboxylic acids is 1. The molecule has 144 valence electrons. The van der Waals surface area contributed by atoms with Gasteiger partial charge in [-0.05, 0) is 38.0 Å². The molecule has 2 aliphatic rings. The number of ether oxygens (including phenoxy) is 1. The van der Waals surface area contributed by atoms with Gasteiger partial charge in [-0.15, -0.1) is 0 Å². The fraction of sp³-hybridized carbons (Fsp3) is 0.500. The first-order chi connectivity index (χ1) is 13.1. The molecule has 2 fully saturated rings. The molecule has 1 aromatic heterocycles. The molecular formula is C20H25ClN4O2. The molecule has 0 spiro atoms. The molecule has 1 atom stereocenters. The number of aromatic nitrogens is 2. The lowest BCUT2D eigenvalue weighted by Gasteiger charge is -2.32. The second-order valence-electron chi connectivity index (χ2n) is 7.24. The largest absolute Gasteiger partial charge is 0.379 e. The van der Waals surface area contributed by atoms with Gasteiger partial charge in [0.2, 0.25) is 0 Å². The Balaban J connectivity index is 1.52. The van der Waals surface area contributed by atoms with Gasteiger partial charge in [0.25, 0.3) is 5.91 Å². The molecule has 2 aliphatic heterocycles. The number of carbonyl (C=O) groups is 1. The van der Waals surface area contributed by atoms with Gasteiger partial charge in [-0.1, -0.05) is 17.7 Å². The Kier molecular flexibility index (Phi) is 5.48. The molecule has 0 saturated carbocycles. The third-order valence-electron chi connectivity index (χ3n) is 5.50. The van der Waals surface area contributed by atoms with E-state index < -0.39 is 0 Å². The number of likely N-dealkylation sites (tertiary alicyclic amines) is 1. The average molecular weight is 389 g/mol. The Hall–Kier alpha value is -1.89. The van der Waals surface area contributed by atoms with Crippen LogP contribution in [0.5, 0.6) is 0 Å². The Morgan fingerprint density at radius 1 is 1.30 bits per heavy atom. The van der Waals surface area contributed by atoms with E-state index in [-0.39, 0.29) is 11.9 Å². The summed E-state index contributed by atoms with van der Waals surface area (Å²) >= 11 is 6.10. The van der Waals surface area contributed by atoms with E-state index in [1.165, 1.54) is 0 Å². The highest BCUT2D eigenvalue weighted by atomic mass is 35.5. The van der Waals surface area contributed by atoms with Gasteiger partial charge < -0.3 is 9.64 Å². The highest BCUT2D eigenvalue weighted by molar-refractivity contribution is 6.30. The molecule has 0 radical (unpaired) electrons. The summed E-state index contributed by atoms with van der Waals surface area (Å²) in [6, 6.07) is 7.78. The van der Waals surface area contributed by atoms with Gasteiger partial charge >= 0.3 is 0 Å². The van der Waals surface area contributed by atoms with Gasteiger partial charge in [0.05, 0.1) is 36.4 Å². The Labute approximate surface area is 164 Å². The Morgan fingerprint density at radius 3 is 2.89 bits per heavy atom. The maximum Gasteiger partial charge on any atom is 0.257 e. The topological polar surface area (TPSA) is 50.6 Å². The standard InChI is InChI=1S/C20H25ClN4O2/c1-15-19(13-22-25(15)17-5-2-4-16(21)12-17)20(26)24-7-3-6-18(24)14-23-8-10-27-11-9-23/h2,4-5,12-13,18H,3,6-11,14H2,1H3. The molecule has 6 nitrogen and oxygen atoms in total. The van der Waals surface area contributed by atoms with Crippen LogP contribution in [0.4, 0.5) is 0 Å². The maximum absolute atomic E-state index is 13.2. The highest BCUT2D eigenvalue weighted by Gasteiger charge is 2.32. The summed E-state index contributed by atoms with van der Waals surface area (Å²) in [6.45, 7) is 7.15. The second kappa shape index (κ2) is 8.00. The number of rotatable bonds is 4. The Morgan fingerprint density at radius 2 is 2.11 bits per heavy atom. The lowest BCUT2D eigenvalue weighted by molar-refractivity contribution is 0.0261. The number of nitrogens with zero attached hydrogens (tertiary/aromatic N) is 4. The molecular weight excluding hydrogens is 364 g/mol. The molecule has 2 aromatic rings. The normalized spacial score (nSPS) is 21.0. The van der Waals surface area contributed by atoms with Gasteiger partial charge in [0, 0.05) is 37.2 Å². The van der Waals surface area contributed by atoms with Crippen molar-refractivity contribution in [2.24, 2.45) is 0 Å². The van der Waals surface area contributed by atoms with Gasteiger partial charge in [0.15, 0.2) is 0 Å². The molecule has 2 saturated heterocycles. The zero-order chi connectivity index (χ0) is 18.8. The molecule has 4 rings (SSSR count). The fourth-order valence-corrected chi connectivity index (χ4v) is 4.20. The van der Waals surface area contributed by atoms with E-state index in [1.54, 1.807) is 10.9 Å². The number of hydrogen-bond donors (Lipinski definition) is 0. The van der Waals surface area contributed by atoms with Crippen molar-refractivity contribution in [2.45, 2.75) is 25.8 Å². The lowest BCUT2D eigenvalue weighted by Crippen LogP contribution is -2.46. The van der Waals surface area contributed by atoms with Crippen LogP contribution < -0.4 is 0 Å². The van der Waals surface area contributed by atoms with Crippen molar-refractivity contribution in [3.8, 4) is 5.69 Å². The number of hydrogen-bond acceptors (Lipinski definition) is 4. The number of halogens is 1. The predicted octanol–water partition coefficient (Wildman–Crippen LogP) is 2.77. The van der Waals surface area contributed by atoms with E-state index in [0.29, 0.717) is 10.6 Å². The highest BCUT2D eigenvalue weighted by Crippen LogP contribution is 2.24. The molecule has 0 N–H and O–H groups in total. The number of amides is 1. The molecule has 1 unspecified atom stereocenters. The summed E-state index contributed by atoms with van der Waals surface area (Å²) in [6.07, 6.45) is 3.80. The van der Waals surface area contributed by atoms with Crippen molar-refractivity contribution in [3.05, 3.63) is 46.7 Å². The van der Waals surface area contributed by atoms with Crippen molar-refractivity contribution >= 4 is 17.5 Å². The molecule has 0 aliphatic carbocycles. The molecule has 3 heterocycles. The first kappa shape index (κ1) is 18.5. The van der Waals surface area contributed by atoms with Gasteiger partial charge in [-0.25, -0.2) is 4.68 Å². The summed E-state index contributed by atoms with van der Waals surface area (Å²) in [7, 11) is 0. The van der Waals surface area contributed by atoms with Crippen LogP contribution in [-0.4, -0.2) is 70.9 Å². The summed E-state index contributed by atoms with van der Waals surface area (Å²) in [4.78, 5) is 17.7. The van der Waals surface area contributed by atoms with Crippen LogP contribution in [0.2, 0.25) is 5.02 Å². The van der Waals surface area contributed by atoms with Crippen molar-refractivity contribution in [1.29, 1.82) is 0 Å². The zero-order valence-electron chi connectivity index (χ0n) is 15.6. The molecule has 0 bridgehead atoms. The van der Waals surface area contributed by atoms with E-state index in [1.807, 2.05) is 36.1 Å². The van der Waals surface area contributed by atoms with Gasteiger partial charge in [-0.2, -0.15) is 5.10 Å². The lowest BCUT2D eigenvalue weighted by atomic mass is 10.1. The van der Waals surface area contributed by atoms with E-state index in [4.69, 9.17) is 16.3 Å². The smallest absolute Gasteiger partial charge is 0.257 e. The van der Waals surface area contributed by atoms with Crippen molar-refractivity contribution in [3.63, 3.8) is 0 Å². The quantitative estimate of drug-likeness (QED) is 0.808. The summed E-state index contributed by atoms with van der Waals surface area (Å²) in [5.74, 6) is 0.0801. The van der Waals surface area contributed by atoms with Crippen LogP contribution in [0.1, 0.15) is 28.9 Å². The average Bonchev–Trinajstić information content (AvgIpc) is 3.29. The number of morpholine rings is 1. The maximum atomic E-state index is 13.2. The predicted molar refractivity (Wildman–Crippen MR) is 105 cm³/mol. The minimum absolute atomic E-state index is 0.0801. The summed E-state index contributed by atoms with van der Waals surface area (Å²) < 4.78 is 7.22.